The minimum absolute atomic E-state index is 0.0138. The summed E-state index contributed by atoms with van der Waals surface area (Å²) < 4.78 is 0. The first-order valence-corrected chi connectivity index (χ1v) is 8.00. The SMILES string of the molecule is CC(O)(CNC(=O)C12CC3CC(CC(C3)C1)C2)CC(=O)O. The van der Waals surface area contributed by atoms with E-state index >= 15 is 0 Å². The van der Waals surface area contributed by atoms with E-state index in [1.54, 1.807) is 0 Å². The lowest BCUT2D eigenvalue weighted by Gasteiger charge is -2.55. The number of amides is 1. The van der Waals surface area contributed by atoms with Gasteiger partial charge in [-0.1, -0.05) is 0 Å². The molecular formula is C16H25NO4. The van der Waals surface area contributed by atoms with E-state index in [1.165, 1.54) is 26.2 Å². The number of rotatable bonds is 5. The normalized spacial score (nSPS) is 39.8. The van der Waals surface area contributed by atoms with Gasteiger partial charge in [-0.25, -0.2) is 0 Å². The largest absolute Gasteiger partial charge is 0.481 e. The first-order chi connectivity index (χ1) is 9.78. The predicted molar refractivity (Wildman–Crippen MR) is 76.5 cm³/mol. The molecule has 1 amide bonds. The Balaban J connectivity index is 1.62. The summed E-state index contributed by atoms with van der Waals surface area (Å²) in [5.74, 6) is 1.07. The van der Waals surface area contributed by atoms with Gasteiger partial charge in [-0.05, 0) is 63.2 Å². The zero-order valence-corrected chi connectivity index (χ0v) is 12.6. The Morgan fingerprint density at radius 1 is 1.14 bits per heavy atom. The molecule has 5 nitrogen and oxygen atoms in total. The van der Waals surface area contributed by atoms with Crippen LogP contribution in [0.25, 0.3) is 0 Å². The molecule has 0 aromatic rings. The van der Waals surface area contributed by atoms with Crippen molar-refractivity contribution in [3.05, 3.63) is 0 Å². The molecule has 4 aliphatic rings. The highest BCUT2D eigenvalue weighted by Gasteiger charge is 2.54. The number of carbonyl (C=O) groups excluding carboxylic acids is 1. The molecule has 0 saturated heterocycles. The van der Waals surface area contributed by atoms with Gasteiger partial charge in [0.1, 0.15) is 0 Å². The molecule has 0 aromatic heterocycles. The Hall–Kier alpha value is -1.10. The fraction of sp³-hybridized carbons (Fsp3) is 0.875. The van der Waals surface area contributed by atoms with Gasteiger partial charge in [0.15, 0.2) is 0 Å². The minimum atomic E-state index is -1.39. The van der Waals surface area contributed by atoms with E-state index in [0.29, 0.717) is 17.8 Å². The van der Waals surface area contributed by atoms with Crippen LogP contribution >= 0.6 is 0 Å². The molecule has 118 valence electrons. The molecule has 0 heterocycles. The van der Waals surface area contributed by atoms with Crippen LogP contribution in [0, 0.1) is 23.2 Å². The molecule has 1 unspecified atom stereocenters. The summed E-state index contributed by atoms with van der Waals surface area (Å²) in [5.41, 5.74) is -1.63. The molecule has 4 aliphatic carbocycles. The number of hydrogen-bond donors (Lipinski definition) is 3. The standard InChI is InChI=1S/C16H25NO4/c1-15(21,8-13(18)19)9-17-14(20)16-5-10-2-11(6-16)4-12(3-10)7-16/h10-12,21H,2-9H2,1H3,(H,17,20)(H,18,19). The van der Waals surface area contributed by atoms with E-state index in [0.717, 1.165) is 19.3 Å². The van der Waals surface area contributed by atoms with Crippen LogP contribution in [0.4, 0.5) is 0 Å². The molecule has 0 radical (unpaired) electrons. The van der Waals surface area contributed by atoms with Crippen molar-refractivity contribution in [3.63, 3.8) is 0 Å². The van der Waals surface area contributed by atoms with E-state index in [2.05, 4.69) is 5.32 Å². The second-order valence-corrected chi connectivity index (χ2v) is 7.95. The van der Waals surface area contributed by atoms with E-state index < -0.39 is 11.6 Å². The maximum atomic E-state index is 12.7. The summed E-state index contributed by atoms with van der Waals surface area (Å²) in [6, 6.07) is 0. The number of carboxylic acid groups (broad SMARTS) is 1. The van der Waals surface area contributed by atoms with E-state index in [4.69, 9.17) is 5.11 Å². The van der Waals surface area contributed by atoms with Crippen molar-refractivity contribution in [2.45, 2.75) is 57.5 Å². The zero-order chi connectivity index (χ0) is 15.3. The molecule has 21 heavy (non-hydrogen) atoms. The molecule has 1 atom stereocenters. The van der Waals surface area contributed by atoms with Crippen LogP contribution in [0.15, 0.2) is 0 Å². The Labute approximate surface area is 125 Å². The van der Waals surface area contributed by atoms with Crippen molar-refractivity contribution in [1.29, 1.82) is 0 Å². The average molecular weight is 295 g/mol. The number of carbonyl (C=O) groups is 2. The maximum absolute atomic E-state index is 12.7. The number of nitrogens with one attached hydrogen (secondary N) is 1. The Morgan fingerprint density at radius 3 is 2.05 bits per heavy atom. The molecule has 0 aromatic carbocycles. The smallest absolute Gasteiger partial charge is 0.306 e. The van der Waals surface area contributed by atoms with E-state index in [-0.39, 0.29) is 24.3 Å². The van der Waals surface area contributed by atoms with Crippen molar-refractivity contribution in [3.8, 4) is 0 Å². The summed E-state index contributed by atoms with van der Waals surface area (Å²) in [6.07, 6.45) is 6.42. The van der Waals surface area contributed by atoms with E-state index in [1.807, 2.05) is 0 Å². The number of aliphatic hydroxyl groups is 1. The van der Waals surface area contributed by atoms with Gasteiger partial charge in [-0.2, -0.15) is 0 Å². The second-order valence-electron chi connectivity index (χ2n) is 7.95. The van der Waals surface area contributed by atoms with Gasteiger partial charge in [0, 0.05) is 12.0 Å². The highest BCUT2D eigenvalue weighted by molar-refractivity contribution is 5.83. The first-order valence-electron chi connectivity index (χ1n) is 8.00. The van der Waals surface area contributed by atoms with Crippen molar-refractivity contribution in [2.24, 2.45) is 23.2 Å². The highest BCUT2D eigenvalue weighted by atomic mass is 16.4. The Bertz CT molecular complexity index is 422. The third-order valence-electron chi connectivity index (χ3n) is 5.68. The fourth-order valence-electron chi connectivity index (χ4n) is 5.24. The average Bonchev–Trinajstić information content (AvgIpc) is 2.32. The van der Waals surface area contributed by atoms with E-state index in [9.17, 15) is 14.7 Å². The van der Waals surface area contributed by atoms with Gasteiger partial charge in [0.05, 0.1) is 12.0 Å². The van der Waals surface area contributed by atoms with Crippen LogP contribution in [0.2, 0.25) is 0 Å². The lowest BCUT2D eigenvalue weighted by atomic mass is 9.49. The van der Waals surface area contributed by atoms with Gasteiger partial charge in [0.2, 0.25) is 5.91 Å². The summed E-state index contributed by atoms with van der Waals surface area (Å²) in [4.78, 5) is 23.4. The number of carboxylic acids is 1. The molecule has 5 heteroatoms. The van der Waals surface area contributed by atoms with Gasteiger partial charge in [-0.3, -0.25) is 9.59 Å². The Kier molecular flexibility index (Phi) is 3.51. The number of hydrogen-bond acceptors (Lipinski definition) is 3. The van der Waals surface area contributed by atoms with Gasteiger partial charge < -0.3 is 15.5 Å². The minimum Gasteiger partial charge on any atom is -0.481 e. The maximum Gasteiger partial charge on any atom is 0.306 e. The lowest BCUT2D eigenvalue weighted by molar-refractivity contribution is -0.149. The summed E-state index contributed by atoms with van der Waals surface area (Å²) >= 11 is 0. The summed E-state index contributed by atoms with van der Waals surface area (Å²) in [5, 5.41) is 21.6. The zero-order valence-electron chi connectivity index (χ0n) is 12.6. The Morgan fingerprint density at radius 2 is 1.62 bits per heavy atom. The lowest BCUT2D eigenvalue weighted by Crippen LogP contribution is -2.55. The van der Waals surface area contributed by atoms with Crippen LogP contribution in [-0.2, 0) is 9.59 Å². The predicted octanol–water partition coefficient (Wildman–Crippen LogP) is 1.54. The van der Waals surface area contributed by atoms with Crippen LogP contribution in [0.5, 0.6) is 0 Å². The molecule has 0 spiro atoms. The number of aliphatic carboxylic acids is 1. The van der Waals surface area contributed by atoms with Gasteiger partial charge >= 0.3 is 5.97 Å². The van der Waals surface area contributed by atoms with Gasteiger partial charge in [-0.15, -0.1) is 0 Å². The first kappa shape index (κ1) is 14.8. The third kappa shape index (κ3) is 2.93. The topological polar surface area (TPSA) is 86.6 Å². The van der Waals surface area contributed by atoms with Crippen LogP contribution in [0.1, 0.15) is 51.9 Å². The van der Waals surface area contributed by atoms with Crippen LogP contribution in [-0.4, -0.2) is 34.2 Å². The van der Waals surface area contributed by atoms with Crippen LogP contribution in [0.3, 0.4) is 0 Å². The van der Waals surface area contributed by atoms with Crippen molar-refractivity contribution >= 4 is 11.9 Å². The molecule has 3 N–H and O–H groups in total. The van der Waals surface area contributed by atoms with Crippen molar-refractivity contribution in [1.82, 2.24) is 5.32 Å². The monoisotopic (exact) mass is 295 g/mol. The molecule has 0 aliphatic heterocycles. The third-order valence-corrected chi connectivity index (χ3v) is 5.68. The summed E-state index contributed by atoms with van der Waals surface area (Å²) in [6.45, 7) is 1.47. The molecule has 4 saturated carbocycles. The fourth-order valence-corrected chi connectivity index (χ4v) is 5.24. The van der Waals surface area contributed by atoms with Crippen molar-refractivity contribution < 1.29 is 19.8 Å². The molecule has 4 fully saturated rings. The highest BCUT2D eigenvalue weighted by Crippen LogP contribution is 2.60. The second kappa shape index (κ2) is 4.97. The van der Waals surface area contributed by atoms with Gasteiger partial charge in [0.25, 0.3) is 0 Å². The summed E-state index contributed by atoms with van der Waals surface area (Å²) in [7, 11) is 0. The molecule has 4 bridgehead atoms. The molecule has 4 rings (SSSR count). The van der Waals surface area contributed by atoms with Crippen molar-refractivity contribution in [2.75, 3.05) is 6.54 Å². The van der Waals surface area contributed by atoms with Crippen LogP contribution < -0.4 is 5.32 Å². The molecular weight excluding hydrogens is 270 g/mol. The quantitative estimate of drug-likeness (QED) is 0.718.